The minimum absolute atomic E-state index is 0.116. The van der Waals surface area contributed by atoms with Crippen LogP contribution in [0.4, 0.5) is 5.82 Å². The highest BCUT2D eigenvalue weighted by atomic mass is 16.4. The molecule has 1 amide bonds. The molecular weight excluding hydrogens is 334 g/mol. The van der Waals surface area contributed by atoms with Gasteiger partial charge in [-0.05, 0) is 24.5 Å². The maximum absolute atomic E-state index is 12.2. The molecule has 8 nitrogen and oxygen atoms in total. The molecule has 0 saturated heterocycles. The number of nitrogens with two attached hydrogens (primary N) is 1. The Balaban J connectivity index is 1.86. The van der Waals surface area contributed by atoms with E-state index in [1.54, 1.807) is 0 Å². The van der Waals surface area contributed by atoms with E-state index in [0.29, 0.717) is 13.0 Å². The van der Waals surface area contributed by atoms with E-state index in [4.69, 9.17) is 10.8 Å². The average molecular weight is 359 g/mol. The van der Waals surface area contributed by atoms with Crippen molar-refractivity contribution in [2.24, 2.45) is 10.7 Å². The van der Waals surface area contributed by atoms with Gasteiger partial charge in [0.25, 0.3) is 5.91 Å². The van der Waals surface area contributed by atoms with Gasteiger partial charge in [-0.1, -0.05) is 6.07 Å². The number of carboxylic acids is 1. The number of rotatable bonds is 8. The standard InChI is InChI=1S/C18H25N5O3/c1-23(10-7-16(24)25)18(26)14(11-19)12-20-9-6-15-5-4-13-3-2-8-21-17(13)22-15/h4-5,11-12H,2-3,6-10,19H2,1H3,(H,21,22)(H,24,25). The van der Waals surface area contributed by atoms with Gasteiger partial charge in [-0.15, -0.1) is 0 Å². The van der Waals surface area contributed by atoms with Crippen LogP contribution in [0.1, 0.15) is 24.1 Å². The second-order valence-corrected chi connectivity index (χ2v) is 6.12. The lowest BCUT2D eigenvalue weighted by Gasteiger charge is -2.17. The molecule has 0 bridgehead atoms. The summed E-state index contributed by atoms with van der Waals surface area (Å²) in [5.41, 5.74) is 7.92. The van der Waals surface area contributed by atoms with Crippen molar-refractivity contribution in [3.63, 3.8) is 0 Å². The minimum Gasteiger partial charge on any atom is -0.481 e. The third-order valence-corrected chi connectivity index (χ3v) is 4.11. The van der Waals surface area contributed by atoms with Gasteiger partial charge >= 0.3 is 5.97 Å². The van der Waals surface area contributed by atoms with E-state index in [-0.39, 0.29) is 24.4 Å². The zero-order valence-corrected chi connectivity index (χ0v) is 14.9. The van der Waals surface area contributed by atoms with E-state index < -0.39 is 5.97 Å². The van der Waals surface area contributed by atoms with Crippen molar-refractivity contribution >= 4 is 23.9 Å². The SMILES string of the molecule is CN(CCC(=O)O)C(=O)C(C=NCCc1ccc2c(n1)NCCC2)=CN. The third-order valence-electron chi connectivity index (χ3n) is 4.11. The van der Waals surface area contributed by atoms with Crippen molar-refractivity contribution in [1.82, 2.24) is 9.88 Å². The van der Waals surface area contributed by atoms with Crippen molar-refractivity contribution in [1.29, 1.82) is 0 Å². The van der Waals surface area contributed by atoms with Crippen LogP contribution in [0.25, 0.3) is 0 Å². The lowest BCUT2D eigenvalue weighted by atomic mass is 10.1. The van der Waals surface area contributed by atoms with Crippen LogP contribution in [0, 0.1) is 0 Å². The summed E-state index contributed by atoms with van der Waals surface area (Å²) >= 11 is 0. The predicted octanol–water partition coefficient (Wildman–Crippen LogP) is 0.829. The molecule has 2 heterocycles. The number of aliphatic carboxylic acids is 1. The number of carbonyl (C=O) groups is 2. The number of hydrogen-bond acceptors (Lipinski definition) is 6. The highest BCUT2D eigenvalue weighted by Gasteiger charge is 2.14. The Bertz CT molecular complexity index is 715. The second-order valence-electron chi connectivity index (χ2n) is 6.12. The number of carbonyl (C=O) groups excluding carboxylic acids is 1. The summed E-state index contributed by atoms with van der Waals surface area (Å²) in [5.74, 6) is -0.354. The fourth-order valence-corrected chi connectivity index (χ4v) is 2.60. The molecule has 0 radical (unpaired) electrons. The highest BCUT2D eigenvalue weighted by Crippen LogP contribution is 2.19. The summed E-state index contributed by atoms with van der Waals surface area (Å²) in [4.78, 5) is 32.9. The molecule has 0 saturated carbocycles. The number of nitrogens with one attached hydrogen (secondary N) is 1. The summed E-state index contributed by atoms with van der Waals surface area (Å²) < 4.78 is 0. The van der Waals surface area contributed by atoms with Crippen LogP contribution in [0.3, 0.4) is 0 Å². The maximum atomic E-state index is 12.2. The maximum Gasteiger partial charge on any atom is 0.305 e. The fourth-order valence-electron chi connectivity index (χ4n) is 2.60. The smallest absolute Gasteiger partial charge is 0.305 e. The van der Waals surface area contributed by atoms with E-state index in [1.165, 1.54) is 29.9 Å². The Morgan fingerprint density at radius 2 is 2.27 bits per heavy atom. The number of hydrogen-bond donors (Lipinski definition) is 3. The zero-order chi connectivity index (χ0) is 18.9. The van der Waals surface area contributed by atoms with Gasteiger partial charge in [0.05, 0.1) is 12.0 Å². The lowest BCUT2D eigenvalue weighted by molar-refractivity contribution is -0.137. The molecule has 0 unspecified atom stereocenters. The van der Waals surface area contributed by atoms with Crippen molar-refractivity contribution in [2.45, 2.75) is 25.7 Å². The van der Waals surface area contributed by atoms with Crippen LogP contribution in [0.2, 0.25) is 0 Å². The molecule has 1 aromatic rings. The Kier molecular flexibility index (Phi) is 7.13. The first-order chi connectivity index (χ1) is 12.5. The largest absolute Gasteiger partial charge is 0.481 e. The van der Waals surface area contributed by atoms with E-state index >= 15 is 0 Å². The summed E-state index contributed by atoms with van der Waals surface area (Å²) in [7, 11) is 1.53. The van der Waals surface area contributed by atoms with Crippen LogP contribution in [0.15, 0.2) is 28.9 Å². The number of nitrogens with zero attached hydrogens (tertiary/aromatic N) is 3. The number of carboxylic acid groups (broad SMARTS) is 1. The van der Waals surface area contributed by atoms with Crippen LogP contribution in [-0.2, 0) is 22.4 Å². The topological polar surface area (TPSA) is 121 Å². The van der Waals surface area contributed by atoms with Gasteiger partial charge in [0.15, 0.2) is 0 Å². The van der Waals surface area contributed by atoms with Crippen molar-refractivity contribution < 1.29 is 14.7 Å². The first kappa shape index (κ1) is 19.4. The summed E-state index contributed by atoms with van der Waals surface area (Å²) in [6.07, 6.45) is 5.33. The van der Waals surface area contributed by atoms with Crippen molar-refractivity contribution in [3.8, 4) is 0 Å². The molecule has 0 atom stereocenters. The Morgan fingerprint density at radius 1 is 1.46 bits per heavy atom. The normalized spacial score (nSPS) is 14.0. The summed E-state index contributed by atoms with van der Waals surface area (Å²) in [6.45, 7) is 1.55. The number of anilines is 1. The number of amides is 1. The van der Waals surface area contributed by atoms with E-state index in [9.17, 15) is 9.59 Å². The van der Waals surface area contributed by atoms with Crippen LogP contribution < -0.4 is 11.1 Å². The second kappa shape index (κ2) is 9.55. The molecule has 1 aromatic heterocycles. The van der Waals surface area contributed by atoms with Gasteiger partial charge in [0, 0.05) is 51.2 Å². The number of aromatic nitrogens is 1. The Morgan fingerprint density at radius 3 is 3.00 bits per heavy atom. The van der Waals surface area contributed by atoms with Crippen molar-refractivity contribution in [2.75, 3.05) is 32.0 Å². The van der Waals surface area contributed by atoms with E-state index in [2.05, 4.69) is 21.4 Å². The van der Waals surface area contributed by atoms with Gasteiger partial charge in [0.2, 0.25) is 0 Å². The van der Waals surface area contributed by atoms with Crippen LogP contribution in [0.5, 0.6) is 0 Å². The summed E-state index contributed by atoms with van der Waals surface area (Å²) in [6, 6.07) is 4.10. The van der Waals surface area contributed by atoms with Gasteiger partial charge < -0.3 is 21.1 Å². The number of fused-ring (bicyclic) bond motifs is 1. The molecule has 0 spiro atoms. The number of likely N-dealkylation sites (N-methyl/N-ethyl adjacent to an activating group) is 1. The minimum atomic E-state index is -0.955. The van der Waals surface area contributed by atoms with E-state index in [0.717, 1.165) is 30.9 Å². The lowest BCUT2D eigenvalue weighted by Crippen LogP contribution is -2.31. The number of aliphatic imine (C=N–C) groups is 1. The molecular formula is C18H25N5O3. The number of pyridine rings is 1. The molecule has 1 aliphatic heterocycles. The average Bonchev–Trinajstić information content (AvgIpc) is 2.65. The van der Waals surface area contributed by atoms with E-state index in [1.807, 2.05) is 6.07 Å². The van der Waals surface area contributed by atoms with Crippen molar-refractivity contribution in [3.05, 3.63) is 35.2 Å². The number of aryl methyl sites for hydroxylation is 1. The molecule has 0 aliphatic carbocycles. The zero-order valence-electron chi connectivity index (χ0n) is 14.9. The molecule has 2 rings (SSSR count). The first-order valence-corrected chi connectivity index (χ1v) is 8.63. The molecule has 140 valence electrons. The Labute approximate surface area is 152 Å². The molecule has 0 fully saturated rings. The molecule has 1 aliphatic rings. The molecule has 4 N–H and O–H groups in total. The molecule has 0 aromatic carbocycles. The molecule has 8 heteroatoms. The van der Waals surface area contributed by atoms with Gasteiger partial charge in [-0.3, -0.25) is 14.6 Å². The first-order valence-electron chi connectivity index (χ1n) is 8.63. The fraction of sp³-hybridized carbons (Fsp3) is 0.444. The summed E-state index contributed by atoms with van der Waals surface area (Å²) in [5, 5.41) is 12.0. The van der Waals surface area contributed by atoms with Gasteiger partial charge in [-0.2, -0.15) is 0 Å². The third kappa shape index (κ3) is 5.58. The van der Waals surface area contributed by atoms with Gasteiger partial charge in [0.1, 0.15) is 5.82 Å². The Hall–Kier alpha value is -2.90. The van der Waals surface area contributed by atoms with Crippen LogP contribution in [-0.4, -0.2) is 59.8 Å². The molecule has 26 heavy (non-hydrogen) atoms. The monoisotopic (exact) mass is 359 g/mol. The highest BCUT2D eigenvalue weighted by molar-refractivity contribution is 6.11. The quantitative estimate of drug-likeness (QED) is 0.467. The van der Waals surface area contributed by atoms with Crippen LogP contribution >= 0.6 is 0 Å². The van der Waals surface area contributed by atoms with Gasteiger partial charge in [-0.25, -0.2) is 4.98 Å². The predicted molar refractivity (Wildman–Crippen MR) is 100 cm³/mol.